The molecule has 32 heavy (non-hydrogen) atoms. The van der Waals surface area contributed by atoms with Gasteiger partial charge in [0.05, 0.1) is 17.0 Å². The first kappa shape index (κ1) is 20.9. The zero-order valence-electron chi connectivity index (χ0n) is 17.9. The van der Waals surface area contributed by atoms with Crippen LogP contribution in [0, 0.1) is 11.6 Å². The predicted molar refractivity (Wildman–Crippen MR) is 118 cm³/mol. The Labute approximate surface area is 185 Å². The van der Waals surface area contributed by atoms with Gasteiger partial charge in [0.15, 0.2) is 11.6 Å². The second-order valence-electron chi connectivity index (χ2n) is 8.85. The molecule has 1 fully saturated rings. The normalized spacial score (nSPS) is 17.3. The molecule has 3 heterocycles. The van der Waals surface area contributed by atoms with Crippen molar-refractivity contribution >= 4 is 0 Å². The average Bonchev–Trinajstić information content (AvgIpc) is 2.82. The Bertz CT molecular complexity index is 1170. The number of pyridine rings is 1. The molecule has 0 spiro atoms. The highest BCUT2D eigenvalue weighted by atomic mass is 19.2. The Hall–Kier alpha value is -2.93. The Balaban J connectivity index is 1.28. The SMILES string of the molecule is O=c1[nH]c(C2CCCCC2)nc2c1CN(Cc1ccc(-c3ccc(F)c(F)c3)nc1)CC2. The second kappa shape index (κ2) is 8.90. The monoisotopic (exact) mass is 436 g/mol. The van der Waals surface area contributed by atoms with E-state index in [2.05, 4.69) is 14.9 Å². The van der Waals surface area contributed by atoms with E-state index in [4.69, 9.17) is 4.98 Å². The van der Waals surface area contributed by atoms with Gasteiger partial charge in [0, 0.05) is 43.7 Å². The molecule has 0 radical (unpaired) electrons. The van der Waals surface area contributed by atoms with Crippen molar-refractivity contribution in [2.75, 3.05) is 6.54 Å². The Kier molecular flexibility index (Phi) is 5.83. The minimum atomic E-state index is -0.883. The molecule has 1 N–H and O–H groups in total. The van der Waals surface area contributed by atoms with Crippen molar-refractivity contribution in [2.24, 2.45) is 0 Å². The molecule has 5 rings (SSSR count). The zero-order chi connectivity index (χ0) is 22.1. The molecule has 0 atom stereocenters. The van der Waals surface area contributed by atoms with E-state index in [1.807, 2.05) is 12.1 Å². The number of rotatable bonds is 4. The van der Waals surface area contributed by atoms with Gasteiger partial charge in [-0.05, 0) is 42.7 Å². The Morgan fingerprint density at radius 1 is 1.06 bits per heavy atom. The van der Waals surface area contributed by atoms with Crippen LogP contribution >= 0.6 is 0 Å². The first-order chi connectivity index (χ1) is 15.6. The van der Waals surface area contributed by atoms with E-state index in [1.165, 1.54) is 25.3 Å². The molecule has 1 aromatic carbocycles. The molecule has 0 amide bonds. The third kappa shape index (κ3) is 4.35. The fourth-order valence-corrected chi connectivity index (χ4v) is 4.81. The molecule has 5 nitrogen and oxygen atoms in total. The zero-order valence-corrected chi connectivity index (χ0v) is 17.9. The molecule has 0 unspecified atom stereocenters. The van der Waals surface area contributed by atoms with E-state index >= 15 is 0 Å². The summed E-state index contributed by atoms with van der Waals surface area (Å²) < 4.78 is 26.7. The number of hydrogen-bond donors (Lipinski definition) is 1. The molecule has 2 aliphatic rings. The maximum atomic E-state index is 13.5. The summed E-state index contributed by atoms with van der Waals surface area (Å²) in [6.45, 7) is 2.06. The first-order valence-electron chi connectivity index (χ1n) is 11.3. The number of fused-ring (bicyclic) bond motifs is 1. The van der Waals surface area contributed by atoms with Crippen LogP contribution < -0.4 is 5.56 Å². The lowest BCUT2D eigenvalue weighted by molar-refractivity contribution is 0.240. The molecule has 7 heteroatoms. The fraction of sp³-hybridized carbons (Fsp3) is 0.400. The Morgan fingerprint density at radius 2 is 1.91 bits per heavy atom. The summed E-state index contributed by atoms with van der Waals surface area (Å²) in [6.07, 6.45) is 8.44. The number of nitrogens with zero attached hydrogens (tertiary/aromatic N) is 3. The van der Waals surface area contributed by atoms with Crippen LogP contribution in [0.4, 0.5) is 8.78 Å². The van der Waals surface area contributed by atoms with E-state index in [0.717, 1.165) is 60.6 Å². The molecule has 166 valence electrons. The summed E-state index contributed by atoms with van der Waals surface area (Å²) in [7, 11) is 0. The summed E-state index contributed by atoms with van der Waals surface area (Å²) in [6, 6.07) is 7.53. The average molecular weight is 437 g/mol. The van der Waals surface area contributed by atoms with Gasteiger partial charge in [0.25, 0.3) is 5.56 Å². The van der Waals surface area contributed by atoms with Gasteiger partial charge in [0.1, 0.15) is 5.82 Å². The number of halogens is 2. The number of hydrogen-bond acceptors (Lipinski definition) is 4. The van der Waals surface area contributed by atoms with Crippen molar-refractivity contribution in [3.63, 3.8) is 0 Å². The summed E-state index contributed by atoms with van der Waals surface area (Å²) in [4.78, 5) is 27.3. The van der Waals surface area contributed by atoms with Crippen molar-refractivity contribution in [3.8, 4) is 11.3 Å². The van der Waals surface area contributed by atoms with Crippen LogP contribution in [0.15, 0.2) is 41.3 Å². The smallest absolute Gasteiger partial charge is 0.255 e. The lowest BCUT2D eigenvalue weighted by Crippen LogP contribution is -2.36. The third-order valence-electron chi connectivity index (χ3n) is 6.60. The number of nitrogens with one attached hydrogen (secondary N) is 1. The number of benzene rings is 1. The number of aromatic amines is 1. The third-order valence-corrected chi connectivity index (χ3v) is 6.60. The maximum Gasteiger partial charge on any atom is 0.255 e. The predicted octanol–water partition coefficient (Wildman–Crippen LogP) is 4.72. The van der Waals surface area contributed by atoms with Crippen LogP contribution in [0.1, 0.15) is 60.7 Å². The van der Waals surface area contributed by atoms with Gasteiger partial charge >= 0.3 is 0 Å². The van der Waals surface area contributed by atoms with E-state index in [1.54, 1.807) is 6.20 Å². The summed E-state index contributed by atoms with van der Waals surface area (Å²) >= 11 is 0. The lowest BCUT2D eigenvalue weighted by atomic mass is 9.88. The molecular weight excluding hydrogens is 410 g/mol. The van der Waals surface area contributed by atoms with Gasteiger partial charge in [-0.2, -0.15) is 0 Å². The van der Waals surface area contributed by atoms with Crippen molar-refractivity contribution in [1.29, 1.82) is 0 Å². The second-order valence-corrected chi connectivity index (χ2v) is 8.85. The van der Waals surface area contributed by atoms with Crippen LogP contribution in [0.2, 0.25) is 0 Å². The molecular formula is C25H26F2N4O. The van der Waals surface area contributed by atoms with Gasteiger partial charge < -0.3 is 4.98 Å². The largest absolute Gasteiger partial charge is 0.310 e. The number of H-pyrrole nitrogens is 1. The molecule has 0 bridgehead atoms. The van der Waals surface area contributed by atoms with Crippen molar-refractivity contribution < 1.29 is 8.78 Å². The highest BCUT2D eigenvalue weighted by Crippen LogP contribution is 2.31. The van der Waals surface area contributed by atoms with Crippen molar-refractivity contribution in [2.45, 2.75) is 57.5 Å². The fourth-order valence-electron chi connectivity index (χ4n) is 4.81. The van der Waals surface area contributed by atoms with Gasteiger partial charge in [-0.15, -0.1) is 0 Å². The lowest BCUT2D eigenvalue weighted by Gasteiger charge is -2.28. The van der Waals surface area contributed by atoms with E-state index in [9.17, 15) is 13.6 Å². The van der Waals surface area contributed by atoms with Gasteiger partial charge in [-0.1, -0.05) is 25.3 Å². The van der Waals surface area contributed by atoms with Gasteiger partial charge in [0.2, 0.25) is 0 Å². The Morgan fingerprint density at radius 3 is 2.66 bits per heavy atom. The molecule has 1 aliphatic carbocycles. The van der Waals surface area contributed by atoms with E-state index in [-0.39, 0.29) is 5.56 Å². The summed E-state index contributed by atoms with van der Waals surface area (Å²) in [5.74, 6) is -0.491. The summed E-state index contributed by atoms with van der Waals surface area (Å²) in [5.41, 5.74) is 3.83. The highest BCUT2D eigenvalue weighted by molar-refractivity contribution is 5.59. The minimum Gasteiger partial charge on any atom is -0.310 e. The van der Waals surface area contributed by atoms with Crippen molar-refractivity contribution in [3.05, 3.63) is 81.2 Å². The number of aromatic nitrogens is 3. The molecule has 0 saturated heterocycles. The topological polar surface area (TPSA) is 61.9 Å². The standard InChI is InChI=1S/C25H26F2N4O/c26-20-8-7-18(12-21(20)27)22-9-6-16(13-28-22)14-31-11-10-23-19(15-31)25(32)30-24(29-23)17-4-2-1-3-5-17/h6-9,12-13,17H,1-5,10-11,14-15H2,(H,29,30,32). The first-order valence-corrected chi connectivity index (χ1v) is 11.3. The van der Waals surface area contributed by atoms with Gasteiger partial charge in [-0.25, -0.2) is 13.8 Å². The van der Waals surface area contributed by atoms with E-state index in [0.29, 0.717) is 30.3 Å². The van der Waals surface area contributed by atoms with Crippen molar-refractivity contribution in [1.82, 2.24) is 19.9 Å². The molecule has 2 aromatic heterocycles. The summed E-state index contributed by atoms with van der Waals surface area (Å²) in [5, 5.41) is 0. The van der Waals surface area contributed by atoms with Crippen LogP contribution in [0.5, 0.6) is 0 Å². The molecule has 1 saturated carbocycles. The van der Waals surface area contributed by atoms with E-state index < -0.39 is 11.6 Å². The van der Waals surface area contributed by atoms with Crippen LogP contribution in [-0.4, -0.2) is 26.4 Å². The van der Waals surface area contributed by atoms with Crippen LogP contribution in [0.25, 0.3) is 11.3 Å². The van der Waals surface area contributed by atoms with Gasteiger partial charge in [-0.3, -0.25) is 14.7 Å². The maximum absolute atomic E-state index is 13.5. The quantitative estimate of drug-likeness (QED) is 0.643. The molecule has 3 aromatic rings. The van der Waals surface area contributed by atoms with Crippen LogP contribution in [0.3, 0.4) is 0 Å². The van der Waals surface area contributed by atoms with Crippen LogP contribution in [-0.2, 0) is 19.5 Å². The highest BCUT2D eigenvalue weighted by Gasteiger charge is 2.24. The minimum absolute atomic E-state index is 0.00733. The molecule has 1 aliphatic heterocycles.